The second kappa shape index (κ2) is 6.03. The Hall–Kier alpha value is -1.06. The number of nitrogens with zero attached hydrogens (tertiary/aromatic N) is 1. The highest BCUT2D eigenvalue weighted by atomic mass is 79.9. The fraction of sp³-hybridized carbons (Fsp3) is 0.154. The molecule has 0 atom stereocenters. The molecule has 4 heteroatoms. The molecule has 88 valence electrons. The molecule has 0 radical (unpaired) electrons. The van der Waals surface area contributed by atoms with E-state index in [1.54, 1.807) is 6.20 Å². The van der Waals surface area contributed by atoms with Crippen molar-refractivity contribution >= 4 is 27.5 Å². The van der Waals surface area contributed by atoms with Gasteiger partial charge in [0.05, 0.1) is 17.8 Å². The Morgan fingerprint density at radius 3 is 2.65 bits per heavy atom. The number of ether oxygens (including phenoxy) is 1. The lowest BCUT2D eigenvalue weighted by Gasteiger charge is -2.07. The molecule has 0 bridgehead atoms. The van der Waals surface area contributed by atoms with Crippen molar-refractivity contribution in [3.05, 3.63) is 58.3 Å². The van der Waals surface area contributed by atoms with Crippen molar-refractivity contribution in [1.82, 2.24) is 4.98 Å². The molecule has 2 rings (SSSR count). The molecule has 1 heterocycles. The van der Waals surface area contributed by atoms with Crippen LogP contribution in [0.3, 0.4) is 0 Å². The van der Waals surface area contributed by atoms with Gasteiger partial charge in [-0.2, -0.15) is 0 Å². The van der Waals surface area contributed by atoms with Crippen LogP contribution in [0.25, 0.3) is 0 Å². The highest BCUT2D eigenvalue weighted by Crippen LogP contribution is 2.18. The lowest BCUT2D eigenvalue weighted by Crippen LogP contribution is -1.97. The molecule has 0 N–H and O–H groups in total. The molecule has 0 saturated carbocycles. The Morgan fingerprint density at radius 1 is 1.18 bits per heavy atom. The normalized spacial score (nSPS) is 10.2. The SMILES string of the molecule is ClCc1ccc(OCc2ccccc2Br)cn1. The largest absolute Gasteiger partial charge is 0.487 e. The molecule has 0 aliphatic heterocycles. The van der Waals surface area contributed by atoms with Crippen molar-refractivity contribution in [2.45, 2.75) is 12.5 Å². The van der Waals surface area contributed by atoms with Gasteiger partial charge in [0, 0.05) is 10.0 Å². The smallest absolute Gasteiger partial charge is 0.138 e. The minimum atomic E-state index is 0.421. The summed E-state index contributed by atoms with van der Waals surface area (Å²) in [5, 5.41) is 0. The molecule has 0 saturated heterocycles. The number of pyridine rings is 1. The van der Waals surface area contributed by atoms with Gasteiger partial charge in [0.1, 0.15) is 12.4 Å². The van der Waals surface area contributed by atoms with Gasteiger partial charge in [0.15, 0.2) is 0 Å². The molecule has 17 heavy (non-hydrogen) atoms. The van der Waals surface area contributed by atoms with E-state index in [4.69, 9.17) is 16.3 Å². The van der Waals surface area contributed by atoms with Crippen molar-refractivity contribution in [1.29, 1.82) is 0 Å². The first-order valence-electron chi connectivity index (χ1n) is 5.16. The molecule has 2 nitrogen and oxygen atoms in total. The van der Waals surface area contributed by atoms with E-state index in [-0.39, 0.29) is 0 Å². The predicted octanol–water partition coefficient (Wildman–Crippen LogP) is 4.16. The Balaban J connectivity index is 2.00. The van der Waals surface area contributed by atoms with Crippen molar-refractivity contribution in [3.8, 4) is 5.75 Å². The average molecular weight is 313 g/mol. The van der Waals surface area contributed by atoms with Crippen molar-refractivity contribution in [2.24, 2.45) is 0 Å². The van der Waals surface area contributed by atoms with Gasteiger partial charge in [0.2, 0.25) is 0 Å². The van der Waals surface area contributed by atoms with Crippen LogP contribution in [0.15, 0.2) is 47.1 Å². The van der Waals surface area contributed by atoms with Crippen molar-refractivity contribution in [3.63, 3.8) is 0 Å². The monoisotopic (exact) mass is 311 g/mol. The number of aromatic nitrogens is 1. The summed E-state index contributed by atoms with van der Waals surface area (Å²) < 4.78 is 6.68. The van der Waals surface area contributed by atoms with Gasteiger partial charge in [-0.05, 0) is 18.2 Å². The summed E-state index contributed by atoms with van der Waals surface area (Å²) in [5.74, 6) is 1.17. The summed E-state index contributed by atoms with van der Waals surface area (Å²) in [7, 11) is 0. The van der Waals surface area contributed by atoms with Gasteiger partial charge in [-0.1, -0.05) is 34.1 Å². The maximum Gasteiger partial charge on any atom is 0.138 e. The topological polar surface area (TPSA) is 22.1 Å². The quantitative estimate of drug-likeness (QED) is 0.791. The number of rotatable bonds is 4. The molecule has 2 aromatic rings. The fourth-order valence-corrected chi connectivity index (χ4v) is 1.91. The molecule has 1 aromatic heterocycles. The van der Waals surface area contributed by atoms with Crippen LogP contribution in [-0.4, -0.2) is 4.98 Å². The van der Waals surface area contributed by atoms with E-state index in [0.717, 1.165) is 21.5 Å². The second-order valence-corrected chi connectivity index (χ2v) is 4.62. The van der Waals surface area contributed by atoms with Crippen LogP contribution in [0, 0.1) is 0 Å². The number of hydrogen-bond donors (Lipinski definition) is 0. The molecular weight excluding hydrogens is 302 g/mol. The van der Waals surface area contributed by atoms with Crippen molar-refractivity contribution in [2.75, 3.05) is 0 Å². The minimum absolute atomic E-state index is 0.421. The zero-order chi connectivity index (χ0) is 12.1. The lowest BCUT2D eigenvalue weighted by molar-refractivity contribution is 0.304. The van der Waals surface area contributed by atoms with E-state index in [1.807, 2.05) is 36.4 Å². The summed E-state index contributed by atoms with van der Waals surface area (Å²) in [6, 6.07) is 11.7. The van der Waals surface area contributed by atoms with Crippen LogP contribution in [0.4, 0.5) is 0 Å². The molecule has 0 aliphatic carbocycles. The predicted molar refractivity (Wildman–Crippen MR) is 72.3 cm³/mol. The number of halogens is 2. The summed E-state index contributed by atoms with van der Waals surface area (Å²) >= 11 is 9.14. The zero-order valence-corrected chi connectivity index (χ0v) is 11.4. The fourth-order valence-electron chi connectivity index (χ4n) is 1.35. The zero-order valence-electron chi connectivity index (χ0n) is 9.07. The molecule has 0 fully saturated rings. The van der Waals surface area contributed by atoms with Gasteiger partial charge in [-0.25, -0.2) is 0 Å². The third-order valence-electron chi connectivity index (χ3n) is 2.29. The van der Waals surface area contributed by atoms with Gasteiger partial charge in [0.25, 0.3) is 0 Å². The Bertz CT molecular complexity index is 487. The molecule has 0 unspecified atom stereocenters. The maximum absolute atomic E-state index is 5.66. The molecular formula is C13H11BrClNO. The van der Waals surface area contributed by atoms with E-state index >= 15 is 0 Å². The van der Waals surface area contributed by atoms with E-state index in [0.29, 0.717) is 12.5 Å². The van der Waals surface area contributed by atoms with Crippen molar-refractivity contribution < 1.29 is 4.74 Å². The van der Waals surface area contributed by atoms with Gasteiger partial charge >= 0.3 is 0 Å². The minimum Gasteiger partial charge on any atom is -0.487 e. The van der Waals surface area contributed by atoms with Crippen LogP contribution in [-0.2, 0) is 12.5 Å². The first-order valence-corrected chi connectivity index (χ1v) is 6.49. The Morgan fingerprint density at radius 2 is 2.00 bits per heavy atom. The number of hydrogen-bond acceptors (Lipinski definition) is 2. The summed E-state index contributed by atoms with van der Waals surface area (Å²) in [5.41, 5.74) is 1.95. The first-order chi connectivity index (χ1) is 8.29. The molecule has 1 aromatic carbocycles. The van der Waals surface area contributed by atoms with Crippen LogP contribution >= 0.6 is 27.5 Å². The third kappa shape index (κ3) is 3.45. The van der Waals surface area contributed by atoms with Gasteiger partial charge in [-0.15, -0.1) is 11.6 Å². The molecule has 0 aliphatic rings. The van der Waals surface area contributed by atoms with E-state index in [2.05, 4.69) is 20.9 Å². The molecule has 0 amide bonds. The van der Waals surface area contributed by atoms with Crippen LogP contribution in [0.1, 0.15) is 11.3 Å². The Kier molecular flexibility index (Phi) is 4.40. The second-order valence-electron chi connectivity index (χ2n) is 3.50. The van der Waals surface area contributed by atoms with Crippen LogP contribution in [0.2, 0.25) is 0 Å². The highest BCUT2D eigenvalue weighted by Gasteiger charge is 2.00. The summed E-state index contributed by atoms with van der Waals surface area (Å²) in [4.78, 5) is 4.16. The standard InChI is InChI=1S/C13H11BrClNO/c14-13-4-2-1-3-10(13)9-17-12-6-5-11(7-15)16-8-12/h1-6,8H,7,9H2. The third-order valence-corrected chi connectivity index (χ3v) is 3.33. The highest BCUT2D eigenvalue weighted by molar-refractivity contribution is 9.10. The average Bonchev–Trinajstić information content (AvgIpc) is 2.38. The van der Waals surface area contributed by atoms with E-state index in [1.165, 1.54) is 0 Å². The van der Waals surface area contributed by atoms with Crippen LogP contribution in [0.5, 0.6) is 5.75 Å². The number of alkyl halides is 1. The van der Waals surface area contributed by atoms with Gasteiger partial charge in [-0.3, -0.25) is 4.98 Å². The Labute approximate surface area is 114 Å². The first kappa shape index (κ1) is 12.4. The maximum atomic E-state index is 5.66. The van der Waals surface area contributed by atoms with E-state index < -0.39 is 0 Å². The number of benzene rings is 1. The van der Waals surface area contributed by atoms with E-state index in [9.17, 15) is 0 Å². The summed E-state index contributed by atoms with van der Waals surface area (Å²) in [6.07, 6.45) is 1.69. The van der Waals surface area contributed by atoms with Gasteiger partial charge < -0.3 is 4.74 Å². The molecule has 0 spiro atoms. The van der Waals surface area contributed by atoms with Crippen LogP contribution < -0.4 is 4.74 Å². The summed E-state index contributed by atoms with van der Waals surface area (Å²) in [6.45, 7) is 0.517. The lowest BCUT2D eigenvalue weighted by atomic mass is 10.2.